The summed E-state index contributed by atoms with van der Waals surface area (Å²) in [6, 6.07) is 8.67. The SMILES string of the molecule is O=C(c1cc(N2CCN(c3ccccc3F)CC2)ncn1)N1CCCCCC1. The van der Waals surface area contributed by atoms with Crippen molar-refractivity contribution in [3.63, 3.8) is 0 Å². The van der Waals surface area contributed by atoms with E-state index in [1.165, 1.54) is 25.2 Å². The van der Waals surface area contributed by atoms with Crippen LogP contribution in [-0.4, -0.2) is 60.0 Å². The maximum atomic E-state index is 14.0. The summed E-state index contributed by atoms with van der Waals surface area (Å²) in [6.45, 7) is 4.48. The van der Waals surface area contributed by atoms with Crippen LogP contribution in [0.1, 0.15) is 36.2 Å². The molecule has 28 heavy (non-hydrogen) atoms. The fourth-order valence-electron chi connectivity index (χ4n) is 3.96. The van der Waals surface area contributed by atoms with E-state index in [4.69, 9.17) is 0 Å². The number of aromatic nitrogens is 2. The summed E-state index contributed by atoms with van der Waals surface area (Å²) >= 11 is 0. The minimum absolute atomic E-state index is 0.00413. The fraction of sp³-hybridized carbons (Fsp3) is 0.476. The number of rotatable bonds is 3. The van der Waals surface area contributed by atoms with E-state index >= 15 is 0 Å². The first kappa shape index (κ1) is 18.7. The van der Waals surface area contributed by atoms with Gasteiger partial charge in [0, 0.05) is 45.3 Å². The zero-order chi connectivity index (χ0) is 19.3. The molecule has 3 heterocycles. The van der Waals surface area contributed by atoms with Crippen molar-refractivity contribution in [2.75, 3.05) is 49.1 Å². The minimum Gasteiger partial charge on any atom is -0.366 e. The van der Waals surface area contributed by atoms with Crippen LogP contribution in [0.4, 0.5) is 15.9 Å². The number of benzene rings is 1. The van der Waals surface area contributed by atoms with E-state index in [0.717, 1.165) is 44.8 Å². The van der Waals surface area contributed by atoms with E-state index in [1.54, 1.807) is 12.1 Å². The quantitative estimate of drug-likeness (QED) is 0.816. The van der Waals surface area contributed by atoms with Crippen molar-refractivity contribution in [3.05, 3.63) is 48.2 Å². The summed E-state index contributed by atoms with van der Waals surface area (Å²) in [5.41, 5.74) is 1.10. The van der Waals surface area contributed by atoms with Gasteiger partial charge in [0.15, 0.2) is 0 Å². The van der Waals surface area contributed by atoms with Crippen LogP contribution < -0.4 is 9.80 Å². The summed E-state index contributed by atoms with van der Waals surface area (Å²) in [7, 11) is 0. The zero-order valence-electron chi connectivity index (χ0n) is 16.1. The average Bonchev–Trinajstić information content (AvgIpc) is 3.03. The van der Waals surface area contributed by atoms with Crippen LogP contribution in [0.25, 0.3) is 0 Å². The lowest BCUT2D eigenvalue weighted by Crippen LogP contribution is -2.47. The molecule has 0 spiro atoms. The third-order valence-electron chi connectivity index (χ3n) is 5.56. The smallest absolute Gasteiger partial charge is 0.272 e. The van der Waals surface area contributed by atoms with E-state index in [9.17, 15) is 9.18 Å². The van der Waals surface area contributed by atoms with Crippen molar-refractivity contribution in [2.24, 2.45) is 0 Å². The van der Waals surface area contributed by atoms with E-state index in [2.05, 4.69) is 19.8 Å². The average molecular weight is 383 g/mol. The Morgan fingerprint density at radius 2 is 1.54 bits per heavy atom. The molecule has 0 unspecified atom stereocenters. The molecule has 0 bridgehead atoms. The first-order valence-corrected chi connectivity index (χ1v) is 10.1. The number of amides is 1. The lowest BCUT2D eigenvalue weighted by atomic mass is 10.2. The number of carbonyl (C=O) groups is 1. The lowest BCUT2D eigenvalue weighted by Gasteiger charge is -2.36. The van der Waals surface area contributed by atoms with E-state index < -0.39 is 0 Å². The third-order valence-corrected chi connectivity index (χ3v) is 5.56. The van der Waals surface area contributed by atoms with Crippen molar-refractivity contribution < 1.29 is 9.18 Å². The Bertz CT molecular complexity index is 814. The highest BCUT2D eigenvalue weighted by molar-refractivity contribution is 5.93. The normalized spacial score (nSPS) is 18.1. The van der Waals surface area contributed by atoms with Gasteiger partial charge in [-0.05, 0) is 25.0 Å². The fourth-order valence-corrected chi connectivity index (χ4v) is 3.96. The molecule has 2 aliphatic rings. The number of para-hydroxylation sites is 1. The van der Waals surface area contributed by atoms with Crippen molar-refractivity contribution in [2.45, 2.75) is 25.7 Å². The van der Waals surface area contributed by atoms with Gasteiger partial charge < -0.3 is 14.7 Å². The molecule has 7 heteroatoms. The summed E-state index contributed by atoms with van der Waals surface area (Å²) in [5, 5.41) is 0. The van der Waals surface area contributed by atoms with Crippen molar-refractivity contribution in [1.29, 1.82) is 0 Å². The topological polar surface area (TPSA) is 52.6 Å². The van der Waals surface area contributed by atoms with Gasteiger partial charge in [0.25, 0.3) is 5.91 Å². The summed E-state index contributed by atoms with van der Waals surface area (Å²) in [6.07, 6.45) is 5.96. The Kier molecular flexibility index (Phi) is 5.69. The second-order valence-corrected chi connectivity index (χ2v) is 7.39. The largest absolute Gasteiger partial charge is 0.366 e. The van der Waals surface area contributed by atoms with Gasteiger partial charge in [-0.15, -0.1) is 0 Å². The molecule has 2 aliphatic heterocycles. The highest BCUT2D eigenvalue weighted by Crippen LogP contribution is 2.22. The molecule has 1 aromatic carbocycles. The highest BCUT2D eigenvalue weighted by Gasteiger charge is 2.23. The maximum absolute atomic E-state index is 14.0. The molecule has 1 amide bonds. The van der Waals surface area contributed by atoms with Crippen LogP contribution in [0.3, 0.4) is 0 Å². The van der Waals surface area contributed by atoms with Gasteiger partial charge in [-0.3, -0.25) is 4.79 Å². The Morgan fingerprint density at radius 3 is 2.25 bits per heavy atom. The number of halogens is 1. The van der Waals surface area contributed by atoms with Crippen molar-refractivity contribution in [1.82, 2.24) is 14.9 Å². The van der Waals surface area contributed by atoms with Crippen LogP contribution in [0.15, 0.2) is 36.7 Å². The Hall–Kier alpha value is -2.70. The molecular formula is C21H26FN5O. The second kappa shape index (κ2) is 8.54. The van der Waals surface area contributed by atoms with Gasteiger partial charge in [0.1, 0.15) is 23.7 Å². The predicted octanol–water partition coefficient (Wildman–Crippen LogP) is 2.96. The van der Waals surface area contributed by atoms with Gasteiger partial charge in [-0.25, -0.2) is 14.4 Å². The molecule has 148 valence electrons. The maximum Gasteiger partial charge on any atom is 0.272 e. The highest BCUT2D eigenvalue weighted by atomic mass is 19.1. The van der Waals surface area contributed by atoms with Gasteiger partial charge in [-0.2, -0.15) is 0 Å². The van der Waals surface area contributed by atoms with Crippen molar-refractivity contribution in [3.8, 4) is 0 Å². The van der Waals surface area contributed by atoms with Crippen LogP contribution in [0.5, 0.6) is 0 Å². The number of likely N-dealkylation sites (tertiary alicyclic amines) is 1. The van der Waals surface area contributed by atoms with Crippen molar-refractivity contribution >= 4 is 17.4 Å². The van der Waals surface area contributed by atoms with E-state index in [-0.39, 0.29) is 11.7 Å². The van der Waals surface area contributed by atoms with Gasteiger partial charge in [-0.1, -0.05) is 25.0 Å². The summed E-state index contributed by atoms with van der Waals surface area (Å²) in [4.78, 5) is 27.5. The van der Waals surface area contributed by atoms with E-state index in [1.807, 2.05) is 17.0 Å². The molecule has 0 N–H and O–H groups in total. The number of carbonyl (C=O) groups excluding carboxylic acids is 1. The molecule has 0 radical (unpaired) electrons. The second-order valence-electron chi connectivity index (χ2n) is 7.39. The number of hydrogen-bond acceptors (Lipinski definition) is 5. The molecule has 0 aliphatic carbocycles. The zero-order valence-corrected chi connectivity index (χ0v) is 16.1. The molecule has 1 aromatic heterocycles. The molecule has 2 saturated heterocycles. The summed E-state index contributed by atoms with van der Waals surface area (Å²) < 4.78 is 14.0. The molecule has 4 rings (SSSR count). The van der Waals surface area contributed by atoms with Crippen LogP contribution in [0, 0.1) is 5.82 Å². The van der Waals surface area contributed by atoms with Crippen LogP contribution in [0.2, 0.25) is 0 Å². The Morgan fingerprint density at radius 1 is 0.857 bits per heavy atom. The number of piperazine rings is 1. The Labute approximate surface area is 165 Å². The monoisotopic (exact) mass is 383 g/mol. The van der Waals surface area contributed by atoms with Crippen LogP contribution in [-0.2, 0) is 0 Å². The first-order chi connectivity index (χ1) is 13.7. The molecule has 0 atom stereocenters. The van der Waals surface area contributed by atoms with Gasteiger partial charge >= 0.3 is 0 Å². The standard InChI is InChI=1S/C21H26FN5O/c22-17-7-3-4-8-19(17)25-11-13-26(14-12-25)20-15-18(23-16-24-20)21(28)27-9-5-1-2-6-10-27/h3-4,7-8,15-16H,1-2,5-6,9-14H2. The number of nitrogens with zero attached hydrogens (tertiary/aromatic N) is 5. The molecule has 2 fully saturated rings. The van der Waals surface area contributed by atoms with Crippen LogP contribution >= 0.6 is 0 Å². The predicted molar refractivity (Wildman–Crippen MR) is 107 cm³/mol. The number of hydrogen-bond donors (Lipinski definition) is 0. The first-order valence-electron chi connectivity index (χ1n) is 10.1. The molecule has 6 nitrogen and oxygen atoms in total. The molecule has 0 saturated carbocycles. The Balaban J connectivity index is 1.42. The minimum atomic E-state index is -0.191. The molecule has 2 aromatic rings. The lowest BCUT2D eigenvalue weighted by molar-refractivity contribution is 0.0755. The van der Waals surface area contributed by atoms with Gasteiger partial charge in [0.2, 0.25) is 0 Å². The summed E-state index contributed by atoms with van der Waals surface area (Å²) in [5.74, 6) is 0.570. The van der Waals surface area contributed by atoms with Gasteiger partial charge in [0.05, 0.1) is 5.69 Å². The molecular weight excluding hydrogens is 357 g/mol. The van der Waals surface area contributed by atoms with E-state index in [0.29, 0.717) is 24.5 Å². The third kappa shape index (κ3) is 4.08. The number of anilines is 2.